The fourth-order valence-corrected chi connectivity index (χ4v) is 4.49. The van der Waals surface area contributed by atoms with Gasteiger partial charge in [-0.1, -0.05) is 19.9 Å². The second kappa shape index (κ2) is 8.77. The number of nitro benzene ring substituents is 1. The van der Waals surface area contributed by atoms with Gasteiger partial charge in [0, 0.05) is 44.9 Å². The Bertz CT molecular complexity index is 802. The van der Waals surface area contributed by atoms with E-state index in [0.29, 0.717) is 31.1 Å². The zero-order valence-corrected chi connectivity index (χ0v) is 16.7. The van der Waals surface area contributed by atoms with E-state index in [1.807, 2.05) is 18.7 Å². The average molecular weight is 398 g/mol. The molecule has 1 amide bonds. The molecule has 0 bridgehead atoms. The van der Waals surface area contributed by atoms with Gasteiger partial charge >= 0.3 is 0 Å². The average Bonchev–Trinajstić information content (AvgIpc) is 2.60. The minimum atomic E-state index is -3.82. The number of rotatable bonds is 7. The number of non-ortho nitro benzene ring substituents is 1. The summed E-state index contributed by atoms with van der Waals surface area (Å²) in [5.41, 5.74) is 0.218. The fourth-order valence-electron chi connectivity index (χ4n) is 2.82. The monoisotopic (exact) mass is 398 g/mol. The van der Waals surface area contributed by atoms with E-state index in [4.69, 9.17) is 0 Å². The summed E-state index contributed by atoms with van der Waals surface area (Å²) >= 11 is 0. The largest absolute Gasteiger partial charge is 0.355 e. The molecule has 1 aromatic rings. The number of nitro groups is 1. The quantitative estimate of drug-likeness (QED) is 0.541. The summed E-state index contributed by atoms with van der Waals surface area (Å²) in [5.74, 6) is 0.295. The van der Waals surface area contributed by atoms with Crippen LogP contribution in [0, 0.1) is 23.0 Å². The van der Waals surface area contributed by atoms with Crippen molar-refractivity contribution < 1.29 is 18.1 Å². The van der Waals surface area contributed by atoms with Gasteiger partial charge in [0.25, 0.3) is 5.69 Å². The maximum atomic E-state index is 12.9. The Morgan fingerprint density at radius 2 is 1.89 bits per heavy atom. The van der Waals surface area contributed by atoms with E-state index in [2.05, 4.69) is 5.32 Å². The SMILES string of the molecule is Cc1ccc([N+](=O)[O-])cc1S(=O)(=O)N1CCN(CC(=O)NCC(C)C)CC1. The summed E-state index contributed by atoms with van der Waals surface area (Å²) < 4.78 is 27.1. The number of aryl methyl sites for hydroxylation is 1. The van der Waals surface area contributed by atoms with Crippen LogP contribution in [0.25, 0.3) is 0 Å². The molecule has 27 heavy (non-hydrogen) atoms. The minimum Gasteiger partial charge on any atom is -0.355 e. The molecule has 0 unspecified atom stereocenters. The van der Waals surface area contributed by atoms with E-state index in [1.54, 1.807) is 6.92 Å². The van der Waals surface area contributed by atoms with Crippen molar-refractivity contribution >= 4 is 21.6 Å². The van der Waals surface area contributed by atoms with Gasteiger partial charge in [-0.25, -0.2) is 8.42 Å². The number of nitrogens with one attached hydrogen (secondary N) is 1. The van der Waals surface area contributed by atoms with Crippen LogP contribution in [0.3, 0.4) is 0 Å². The first kappa shape index (κ1) is 21.3. The lowest BCUT2D eigenvalue weighted by Gasteiger charge is -2.33. The van der Waals surface area contributed by atoms with Crippen molar-refractivity contribution in [1.82, 2.24) is 14.5 Å². The van der Waals surface area contributed by atoms with E-state index in [0.717, 1.165) is 6.07 Å². The summed E-state index contributed by atoms with van der Waals surface area (Å²) in [4.78, 5) is 24.1. The molecule has 0 aliphatic carbocycles. The van der Waals surface area contributed by atoms with Crippen molar-refractivity contribution in [3.05, 3.63) is 33.9 Å². The molecule has 9 nitrogen and oxygen atoms in total. The second-order valence-corrected chi connectivity index (χ2v) is 8.99. The van der Waals surface area contributed by atoms with Gasteiger partial charge in [-0.15, -0.1) is 0 Å². The van der Waals surface area contributed by atoms with Crippen LogP contribution in [0.1, 0.15) is 19.4 Å². The summed E-state index contributed by atoms with van der Waals surface area (Å²) in [6.07, 6.45) is 0. The topological polar surface area (TPSA) is 113 Å². The molecule has 1 aromatic carbocycles. The van der Waals surface area contributed by atoms with Crippen LogP contribution in [0.5, 0.6) is 0 Å². The molecule has 1 heterocycles. The van der Waals surface area contributed by atoms with Gasteiger partial charge in [0.1, 0.15) is 0 Å². The van der Waals surface area contributed by atoms with E-state index < -0.39 is 14.9 Å². The molecule has 10 heteroatoms. The smallest absolute Gasteiger partial charge is 0.270 e. The molecule has 1 saturated heterocycles. The predicted molar refractivity (Wildman–Crippen MR) is 101 cm³/mol. The number of hydrogen-bond donors (Lipinski definition) is 1. The maximum absolute atomic E-state index is 12.9. The van der Waals surface area contributed by atoms with Crippen LogP contribution >= 0.6 is 0 Å². The Kier molecular flexibility index (Phi) is 6.90. The zero-order chi connectivity index (χ0) is 20.2. The highest BCUT2D eigenvalue weighted by molar-refractivity contribution is 7.89. The number of nitrogens with zero attached hydrogens (tertiary/aromatic N) is 3. The van der Waals surface area contributed by atoms with Crippen molar-refractivity contribution in [2.24, 2.45) is 5.92 Å². The third-order valence-electron chi connectivity index (χ3n) is 4.41. The van der Waals surface area contributed by atoms with Crippen LogP contribution in [0.2, 0.25) is 0 Å². The Balaban J connectivity index is 2.02. The second-order valence-electron chi connectivity index (χ2n) is 7.09. The molecule has 1 aliphatic heterocycles. The van der Waals surface area contributed by atoms with Gasteiger partial charge in [0.05, 0.1) is 16.4 Å². The lowest BCUT2D eigenvalue weighted by atomic mass is 10.2. The van der Waals surface area contributed by atoms with Crippen LogP contribution in [-0.4, -0.2) is 67.7 Å². The van der Waals surface area contributed by atoms with Gasteiger partial charge in [-0.3, -0.25) is 19.8 Å². The fraction of sp³-hybridized carbons (Fsp3) is 0.588. The highest BCUT2D eigenvalue weighted by Crippen LogP contribution is 2.25. The van der Waals surface area contributed by atoms with Crippen LogP contribution in [0.4, 0.5) is 5.69 Å². The van der Waals surface area contributed by atoms with Crippen LogP contribution in [0.15, 0.2) is 23.1 Å². The Morgan fingerprint density at radius 3 is 2.44 bits per heavy atom. The van der Waals surface area contributed by atoms with Crippen molar-refractivity contribution in [1.29, 1.82) is 0 Å². The van der Waals surface area contributed by atoms with Gasteiger partial charge in [-0.05, 0) is 18.4 Å². The highest BCUT2D eigenvalue weighted by Gasteiger charge is 2.31. The zero-order valence-electron chi connectivity index (χ0n) is 15.8. The lowest BCUT2D eigenvalue weighted by Crippen LogP contribution is -2.51. The number of piperazine rings is 1. The highest BCUT2D eigenvalue weighted by atomic mass is 32.2. The summed E-state index contributed by atoms with van der Waals surface area (Å²) in [6, 6.07) is 3.85. The Hall–Kier alpha value is -2.04. The van der Waals surface area contributed by atoms with E-state index in [1.165, 1.54) is 16.4 Å². The third kappa shape index (κ3) is 5.47. The number of hydrogen-bond acceptors (Lipinski definition) is 6. The number of carbonyl (C=O) groups excluding carboxylic acids is 1. The first-order valence-electron chi connectivity index (χ1n) is 8.85. The van der Waals surface area contributed by atoms with Gasteiger partial charge in [0.2, 0.25) is 15.9 Å². The molecule has 1 fully saturated rings. The number of sulfonamides is 1. The number of carbonyl (C=O) groups is 1. The molecule has 0 radical (unpaired) electrons. The predicted octanol–water partition coefficient (Wildman–Crippen LogP) is 0.982. The molecule has 0 aromatic heterocycles. The summed E-state index contributed by atoms with van der Waals surface area (Å²) in [6.45, 7) is 7.83. The normalized spacial score (nSPS) is 16.4. The molecular formula is C17H26N4O5S. The Labute approximate surface area is 159 Å². The summed E-state index contributed by atoms with van der Waals surface area (Å²) in [5, 5.41) is 13.8. The van der Waals surface area contributed by atoms with Crippen LogP contribution in [-0.2, 0) is 14.8 Å². The van der Waals surface area contributed by atoms with Gasteiger partial charge in [0.15, 0.2) is 0 Å². The summed E-state index contributed by atoms with van der Waals surface area (Å²) in [7, 11) is -3.82. The van der Waals surface area contributed by atoms with E-state index >= 15 is 0 Å². The van der Waals surface area contributed by atoms with Crippen LogP contribution < -0.4 is 5.32 Å². The number of amides is 1. The first-order chi connectivity index (χ1) is 12.6. The number of benzene rings is 1. The molecule has 150 valence electrons. The molecule has 0 saturated carbocycles. The maximum Gasteiger partial charge on any atom is 0.270 e. The minimum absolute atomic E-state index is 0.0418. The molecule has 0 atom stereocenters. The van der Waals surface area contributed by atoms with Crippen molar-refractivity contribution in [2.75, 3.05) is 39.3 Å². The molecule has 1 aliphatic rings. The van der Waals surface area contributed by atoms with Gasteiger partial charge in [-0.2, -0.15) is 4.31 Å². The van der Waals surface area contributed by atoms with Crippen molar-refractivity contribution in [2.45, 2.75) is 25.7 Å². The third-order valence-corrected chi connectivity index (χ3v) is 6.45. The van der Waals surface area contributed by atoms with Crippen molar-refractivity contribution in [3.8, 4) is 0 Å². The molecule has 1 N–H and O–H groups in total. The lowest BCUT2D eigenvalue weighted by molar-refractivity contribution is -0.385. The molecule has 0 spiro atoms. The standard InChI is InChI=1S/C17H26N4O5S/c1-13(2)11-18-17(22)12-19-6-8-20(9-7-19)27(25,26)16-10-15(21(23)24)5-4-14(16)3/h4-5,10,13H,6-9,11-12H2,1-3H3,(H,18,22). The molecular weight excluding hydrogens is 372 g/mol. The Morgan fingerprint density at radius 1 is 1.26 bits per heavy atom. The van der Waals surface area contributed by atoms with Crippen molar-refractivity contribution in [3.63, 3.8) is 0 Å². The van der Waals surface area contributed by atoms with E-state index in [9.17, 15) is 23.3 Å². The molecule has 2 rings (SSSR count). The van der Waals surface area contributed by atoms with E-state index in [-0.39, 0.29) is 36.1 Å². The first-order valence-corrected chi connectivity index (χ1v) is 10.3. The van der Waals surface area contributed by atoms with Gasteiger partial charge < -0.3 is 5.32 Å².